The second kappa shape index (κ2) is 5.39. The Hall–Kier alpha value is -1.64. The lowest BCUT2D eigenvalue weighted by atomic mass is 10.2. The monoisotopic (exact) mass is 320 g/mol. The lowest BCUT2D eigenvalue weighted by Gasteiger charge is -2.24. The van der Waals surface area contributed by atoms with E-state index in [2.05, 4.69) is 4.74 Å². The highest BCUT2D eigenvalue weighted by molar-refractivity contribution is 6.30. The number of ether oxygens (including phenoxy) is 1. The highest BCUT2D eigenvalue weighted by Crippen LogP contribution is 2.37. The second-order valence-electron chi connectivity index (χ2n) is 3.64. The van der Waals surface area contributed by atoms with Gasteiger partial charge in [0.1, 0.15) is 11.6 Å². The molecule has 0 aromatic heterocycles. The molecule has 1 aromatic carbocycles. The van der Waals surface area contributed by atoms with Crippen molar-refractivity contribution in [2.24, 2.45) is 5.73 Å². The van der Waals surface area contributed by atoms with E-state index < -0.39 is 35.6 Å². The topological polar surface area (TPSA) is 59.1 Å². The molecule has 0 radical (unpaired) electrons. The van der Waals surface area contributed by atoms with Gasteiger partial charge in [-0.05, 0) is 18.2 Å². The van der Waals surface area contributed by atoms with Gasteiger partial charge in [0, 0.05) is 5.02 Å². The fourth-order valence-electron chi connectivity index (χ4n) is 1.26. The molecule has 10 heteroatoms. The van der Waals surface area contributed by atoms with Crippen molar-refractivity contribution >= 4 is 17.4 Å². The molecule has 0 bridgehead atoms. The van der Waals surface area contributed by atoms with Crippen LogP contribution in [0.1, 0.15) is 5.56 Å². The predicted molar refractivity (Wildman–Crippen MR) is 59.0 cm³/mol. The summed E-state index contributed by atoms with van der Waals surface area (Å²) in [7, 11) is 0. The molecular formula is C10H7ClF6N2O. The Labute approximate surface area is 113 Å². The molecule has 0 unspecified atom stereocenters. The Morgan fingerprint density at radius 2 is 1.65 bits per heavy atom. The van der Waals surface area contributed by atoms with Gasteiger partial charge in [-0.15, -0.1) is 0 Å². The van der Waals surface area contributed by atoms with Crippen molar-refractivity contribution in [3.05, 3.63) is 28.8 Å². The minimum atomic E-state index is -5.67. The molecule has 0 aliphatic carbocycles. The van der Waals surface area contributed by atoms with Gasteiger partial charge in [-0.3, -0.25) is 5.41 Å². The number of benzene rings is 1. The Bertz CT molecular complexity index is 499. The number of halogens is 7. The van der Waals surface area contributed by atoms with Gasteiger partial charge in [-0.1, -0.05) is 11.6 Å². The second-order valence-corrected chi connectivity index (χ2v) is 4.07. The molecular weight excluding hydrogens is 314 g/mol. The van der Waals surface area contributed by atoms with Crippen LogP contribution in [0.3, 0.4) is 0 Å². The first-order valence-electron chi connectivity index (χ1n) is 4.87. The number of amidine groups is 1. The van der Waals surface area contributed by atoms with E-state index in [0.717, 1.165) is 18.2 Å². The van der Waals surface area contributed by atoms with Gasteiger partial charge in [0.2, 0.25) is 0 Å². The van der Waals surface area contributed by atoms with Gasteiger partial charge in [-0.2, -0.15) is 26.3 Å². The molecule has 20 heavy (non-hydrogen) atoms. The van der Waals surface area contributed by atoms with Crippen LogP contribution in [0.5, 0.6) is 5.75 Å². The zero-order valence-corrected chi connectivity index (χ0v) is 10.2. The van der Waals surface area contributed by atoms with E-state index in [1.54, 1.807) is 0 Å². The van der Waals surface area contributed by atoms with Crippen molar-refractivity contribution in [3.8, 4) is 5.75 Å². The molecule has 0 atom stereocenters. The summed E-state index contributed by atoms with van der Waals surface area (Å²) in [5, 5.41) is 6.94. The van der Waals surface area contributed by atoms with Crippen LogP contribution in [0, 0.1) is 5.41 Å². The van der Waals surface area contributed by atoms with Crippen LogP contribution in [0.2, 0.25) is 5.02 Å². The fourth-order valence-corrected chi connectivity index (χ4v) is 1.42. The number of rotatable bonds is 3. The van der Waals surface area contributed by atoms with Crippen LogP contribution >= 0.6 is 11.6 Å². The normalized spacial score (nSPS) is 12.6. The number of nitrogens with two attached hydrogens (primary N) is 1. The standard InChI is InChI=1S/C10H7ClF6N2O/c11-4-1-2-5(7(18)19)6(3-4)20-8(9(12,13)14)10(15,16)17/h1-3,8H,(H3,18,19). The molecule has 0 aliphatic heterocycles. The smallest absolute Gasteiger partial charge is 0.434 e. The van der Waals surface area contributed by atoms with Gasteiger partial charge >= 0.3 is 12.4 Å². The van der Waals surface area contributed by atoms with Gasteiger partial charge in [0.05, 0.1) is 5.56 Å². The number of alkyl halides is 6. The van der Waals surface area contributed by atoms with E-state index in [0.29, 0.717) is 0 Å². The van der Waals surface area contributed by atoms with Crippen molar-refractivity contribution in [2.75, 3.05) is 0 Å². The van der Waals surface area contributed by atoms with Crippen molar-refractivity contribution in [1.82, 2.24) is 0 Å². The summed E-state index contributed by atoms with van der Waals surface area (Å²) in [5.41, 5.74) is 4.63. The van der Waals surface area contributed by atoms with E-state index in [1.807, 2.05) is 0 Å². The molecule has 0 fully saturated rings. The minimum absolute atomic E-state index is 0.159. The third-order valence-corrected chi connectivity index (χ3v) is 2.31. The summed E-state index contributed by atoms with van der Waals surface area (Å²) in [5.74, 6) is -1.62. The van der Waals surface area contributed by atoms with Gasteiger partial charge in [-0.25, -0.2) is 0 Å². The fraction of sp³-hybridized carbons (Fsp3) is 0.300. The quantitative estimate of drug-likeness (QED) is 0.509. The van der Waals surface area contributed by atoms with Crippen molar-refractivity contribution < 1.29 is 31.1 Å². The number of nitrogen functional groups attached to an aromatic ring is 1. The Morgan fingerprint density at radius 3 is 2.05 bits per heavy atom. The summed E-state index contributed by atoms with van der Waals surface area (Å²) >= 11 is 5.48. The van der Waals surface area contributed by atoms with Gasteiger partial charge in [0.25, 0.3) is 6.10 Å². The van der Waals surface area contributed by atoms with E-state index in [1.165, 1.54) is 0 Å². The maximum absolute atomic E-state index is 12.4. The third kappa shape index (κ3) is 3.92. The molecule has 112 valence electrons. The highest BCUT2D eigenvalue weighted by atomic mass is 35.5. The van der Waals surface area contributed by atoms with Gasteiger partial charge < -0.3 is 10.5 Å². The lowest BCUT2D eigenvalue weighted by Crippen LogP contribution is -2.46. The molecule has 3 N–H and O–H groups in total. The van der Waals surface area contributed by atoms with Gasteiger partial charge in [0.15, 0.2) is 0 Å². The van der Waals surface area contributed by atoms with Crippen molar-refractivity contribution in [2.45, 2.75) is 18.5 Å². The number of nitrogens with one attached hydrogen (secondary N) is 1. The maximum Gasteiger partial charge on any atom is 0.434 e. The summed E-state index contributed by atoms with van der Waals surface area (Å²) in [6.45, 7) is 0. The Balaban J connectivity index is 3.24. The average molecular weight is 321 g/mol. The van der Waals surface area contributed by atoms with E-state index >= 15 is 0 Å². The minimum Gasteiger partial charge on any atom is -0.470 e. The molecule has 0 spiro atoms. The Kier molecular flexibility index (Phi) is 4.42. The SMILES string of the molecule is N=C(N)c1ccc(Cl)cc1OC(C(F)(F)F)C(F)(F)F. The van der Waals surface area contributed by atoms with Crippen LogP contribution in [-0.4, -0.2) is 24.3 Å². The highest BCUT2D eigenvalue weighted by Gasteiger charge is 2.59. The largest absolute Gasteiger partial charge is 0.470 e. The maximum atomic E-state index is 12.4. The van der Waals surface area contributed by atoms with E-state index in [9.17, 15) is 26.3 Å². The average Bonchev–Trinajstić information content (AvgIpc) is 2.22. The molecule has 0 aliphatic rings. The lowest BCUT2D eigenvalue weighted by molar-refractivity contribution is -0.299. The number of hydrogen-bond acceptors (Lipinski definition) is 2. The summed E-state index contributed by atoms with van der Waals surface area (Å²) in [6.07, 6.45) is -15.4. The van der Waals surface area contributed by atoms with Crippen molar-refractivity contribution in [1.29, 1.82) is 5.41 Å². The zero-order valence-electron chi connectivity index (χ0n) is 9.44. The van der Waals surface area contributed by atoms with E-state index in [-0.39, 0.29) is 5.02 Å². The zero-order chi connectivity index (χ0) is 15.7. The molecule has 1 rings (SSSR count). The summed E-state index contributed by atoms with van der Waals surface area (Å²) < 4.78 is 78.2. The predicted octanol–water partition coefficient (Wildman–Crippen LogP) is 3.50. The van der Waals surface area contributed by atoms with Crippen LogP contribution in [0.25, 0.3) is 0 Å². The van der Waals surface area contributed by atoms with E-state index in [4.69, 9.17) is 22.7 Å². The molecule has 0 heterocycles. The summed E-state index contributed by atoms with van der Waals surface area (Å²) in [6, 6.07) is 2.87. The molecule has 0 saturated carbocycles. The first-order chi connectivity index (χ1) is 8.93. The third-order valence-electron chi connectivity index (χ3n) is 2.07. The Morgan fingerprint density at radius 1 is 1.15 bits per heavy atom. The first kappa shape index (κ1) is 16.4. The molecule has 1 aromatic rings. The van der Waals surface area contributed by atoms with Crippen LogP contribution in [-0.2, 0) is 0 Å². The first-order valence-corrected chi connectivity index (χ1v) is 5.24. The molecule has 3 nitrogen and oxygen atoms in total. The molecule has 0 saturated heterocycles. The van der Waals surface area contributed by atoms with Crippen LogP contribution in [0.15, 0.2) is 18.2 Å². The summed E-state index contributed by atoms with van der Waals surface area (Å²) in [4.78, 5) is 0. The van der Waals surface area contributed by atoms with Crippen LogP contribution < -0.4 is 10.5 Å². The number of hydrogen-bond donors (Lipinski definition) is 2. The molecule has 0 amide bonds. The van der Waals surface area contributed by atoms with Crippen molar-refractivity contribution in [3.63, 3.8) is 0 Å². The van der Waals surface area contributed by atoms with Crippen LogP contribution in [0.4, 0.5) is 26.3 Å².